The van der Waals surface area contributed by atoms with E-state index in [2.05, 4.69) is 10.6 Å². The minimum absolute atomic E-state index is 0.280. The van der Waals surface area contributed by atoms with Crippen molar-refractivity contribution in [1.82, 2.24) is 0 Å². The second-order valence-corrected chi connectivity index (χ2v) is 6.20. The lowest BCUT2D eigenvalue weighted by atomic mass is 10.1. The van der Waals surface area contributed by atoms with E-state index in [1.54, 1.807) is 19.1 Å². The zero-order chi connectivity index (χ0) is 17.1. The smallest absolute Gasteiger partial charge is 0.314 e. The van der Waals surface area contributed by atoms with E-state index in [1.807, 2.05) is 13.0 Å². The summed E-state index contributed by atoms with van der Waals surface area (Å²) in [5.41, 5.74) is 2.51. The van der Waals surface area contributed by atoms with E-state index in [1.165, 1.54) is 12.1 Å². The Hall–Kier alpha value is -1.75. The fourth-order valence-corrected chi connectivity index (χ4v) is 2.67. The normalized spacial score (nSPS) is 10.3. The lowest BCUT2D eigenvalue weighted by Crippen LogP contribution is -2.29. The molecule has 0 aliphatic carbocycles. The quantitative estimate of drug-likeness (QED) is 0.742. The Labute approximate surface area is 148 Å². The molecule has 0 unspecified atom stereocenters. The summed E-state index contributed by atoms with van der Waals surface area (Å²) < 4.78 is 0. The molecule has 0 saturated carbocycles. The van der Waals surface area contributed by atoms with Crippen molar-refractivity contribution in [2.45, 2.75) is 13.8 Å². The van der Waals surface area contributed by atoms with Crippen molar-refractivity contribution in [3.63, 3.8) is 0 Å². The van der Waals surface area contributed by atoms with Gasteiger partial charge in [-0.1, -0.05) is 40.9 Å². The van der Waals surface area contributed by atoms with Crippen molar-refractivity contribution in [2.24, 2.45) is 0 Å². The maximum atomic E-state index is 12.0. The molecule has 0 radical (unpaired) electrons. The van der Waals surface area contributed by atoms with Gasteiger partial charge in [0.15, 0.2) is 0 Å². The summed E-state index contributed by atoms with van der Waals surface area (Å²) >= 11 is 17.8. The Balaban J connectivity index is 2.11. The first-order valence-corrected chi connectivity index (χ1v) is 7.75. The summed E-state index contributed by atoms with van der Waals surface area (Å²) in [6.45, 7) is 3.69. The van der Waals surface area contributed by atoms with Crippen LogP contribution in [-0.4, -0.2) is 11.8 Å². The Kier molecular flexibility index (Phi) is 5.52. The monoisotopic (exact) mass is 370 g/mol. The first-order chi connectivity index (χ1) is 10.8. The summed E-state index contributed by atoms with van der Waals surface area (Å²) in [6.07, 6.45) is 0. The second kappa shape index (κ2) is 7.21. The zero-order valence-corrected chi connectivity index (χ0v) is 14.6. The lowest BCUT2D eigenvalue weighted by Gasteiger charge is -2.11. The van der Waals surface area contributed by atoms with Crippen molar-refractivity contribution in [3.8, 4) is 0 Å². The second-order valence-electron chi connectivity index (χ2n) is 4.98. The molecule has 120 valence electrons. The van der Waals surface area contributed by atoms with Crippen LogP contribution in [0.15, 0.2) is 30.3 Å². The third-order valence-corrected chi connectivity index (χ3v) is 4.09. The molecule has 0 aromatic heterocycles. The molecule has 23 heavy (non-hydrogen) atoms. The van der Waals surface area contributed by atoms with Gasteiger partial charge < -0.3 is 10.6 Å². The van der Waals surface area contributed by atoms with Gasteiger partial charge in [-0.15, -0.1) is 0 Å². The third-order valence-electron chi connectivity index (χ3n) is 3.05. The van der Waals surface area contributed by atoms with Crippen LogP contribution in [0, 0.1) is 13.8 Å². The first kappa shape index (κ1) is 17.6. The summed E-state index contributed by atoms with van der Waals surface area (Å²) in [7, 11) is 0. The van der Waals surface area contributed by atoms with Gasteiger partial charge in [-0.25, -0.2) is 0 Å². The highest BCUT2D eigenvalue weighted by Crippen LogP contribution is 2.28. The van der Waals surface area contributed by atoms with E-state index in [-0.39, 0.29) is 5.02 Å². The number of hydrogen-bond donors (Lipinski definition) is 2. The van der Waals surface area contributed by atoms with Crippen LogP contribution in [0.3, 0.4) is 0 Å². The van der Waals surface area contributed by atoms with Crippen molar-refractivity contribution in [1.29, 1.82) is 0 Å². The summed E-state index contributed by atoms with van der Waals surface area (Å²) in [5, 5.41) is 5.96. The minimum atomic E-state index is -0.834. The van der Waals surface area contributed by atoms with Crippen molar-refractivity contribution in [2.75, 3.05) is 10.6 Å². The van der Waals surface area contributed by atoms with E-state index in [0.717, 1.165) is 11.1 Å². The largest absolute Gasteiger partial charge is 0.318 e. The van der Waals surface area contributed by atoms with Gasteiger partial charge in [0.2, 0.25) is 0 Å². The Bertz CT molecular complexity index is 768. The third kappa shape index (κ3) is 4.38. The molecule has 2 aromatic carbocycles. The first-order valence-electron chi connectivity index (χ1n) is 6.62. The molecule has 0 bridgehead atoms. The number of rotatable bonds is 2. The van der Waals surface area contributed by atoms with E-state index in [4.69, 9.17) is 34.8 Å². The van der Waals surface area contributed by atoms with Crippen LogP contribution in [0.2, 0.25) is 15.1 Å². The van der Waals surface area contributed by atoms with Crippen molar-refractivity contribution in [3.05, 3.63) is 56.5 Å². The number of benzene rings is 2. The van der Waals surface area contributed by atoms with Crippen LogP contribution in [0.25, 0.3) is 0 Å². The van der Waals surface area contributed by atoms with Crippen LogP contribution in [0.1, 0.15) is 11.1 Å². The number of hydrogen-bond acceptors (Lipinski definition) is 2. The Morgan fingerprint density at radius 3 is 2.09 bits per heavy atom. The van der Waals surface area contributed by atoms with Gasteiger partial charge in [0, 0.05) is 5.69 Å². The summed E-state index contributed by atoms with van der Waals surface area (Å²) in [4.78, 5) is 24.0. The molecule has 0 spiro atoms. The molecule has 0 heterocycles. The van der Waals surface area contributed by atoms with Gasteiger partial charge in [0.1, 0.15) is 0 Å². The number of amides is 2. The number of carbonyl (C=O) groups is 2. The molecular weight excluding hydrogens is 359 g/mol. The molecule has 2 amide bonds. The summed E-state index contributed by atoms with van der Waals surface area (Å²) in [5.74, 6) is -1.66. The lowest BCUT2D eigenvalue weighted by molar-refractivity contribution is -0.133. The SMILES string of the molecule is Cc1cc(C)c(NC(=O)C(=O)Nc2ccc(Cl)c(Cl)c2)c(Cl)c1. The van der Waals surface area contributed by atoms with Gasteiger partial charge in [0.25, 0.3) is 0 Å². The molecule has 4 nitrogen and oxygen atoms in total. The highest BCUT2D eigenvalue weighted by Gasteiger charge is 2.17. The number of halogens is 3. The molecule has 7 heteroatoms. The van der Waals surface area contributed by atoms with Gasteiger partial charge >= 0.3 is 11.8 Å². The van der Waals surface area contributed by atoms with E-state index < -0.39 is 11.8 Å². The molecule has 0 saturated heterocycles. The maximum Gasteiger partial charge on any atom is 0.314 e. The number of carbonyl (C=O) groups excluding carboxylic acids is 2. The van der Waals surface area contributed by atoms with Crippen LogP contribution in [0.4, 0.5) is 11.4 Å². The van der Waals surface area contributed by atoms with Gasteiger partial charge in [-0.3, -0.25) is 9.59 Å². The number of anilines is 2. The standard InChI is InChI=1S/C16H13Cl3N2O2/c1-8-5-9(2)14(13(19)6-8)21-16(23)15(22)20-10-3-4-11(17)12(18)7-10/h3-7H,1-2H3,(H,20,22)(H,21,23). The summed E-state index contributed by atoms with van der Waals surface area (Å²) in [6, 6.07) is 8.10. The number of nitrogens with one attached hydrogen (secondary N) is 2. The molecule has 2 N–H and O–H groups in total. The fraction of sp³-hybridized carbons (Fsp3) is 0.125. The van der Waals surface area contributed by atoms with Crippen LogP contribution >= 0.6 is 34.8 Å². The molecule has 0 aliphatic heterocycles. The van der Waals surface area contributed by atoms with Crippen LogP contribution in [-0.2, 0) is 9.59 Å². The minimum Gasteiger partial charge on any atom is -0.318 e. The average Bonchev–Trinajstić information content (AvgIpc) is 2.46. The average molecular weight is 372 g/mol. The zero-order valence-electron chi connectivity index (χ0n) is 12.3. The topological polar surface area (TPSA) is 58.2 Å². The molecule has 2 rings (SSSR count). The van der Waals surface area contributed by atoms with E-state index in [0.29, 0.717) is 21.4 Å². The predicted molar refractivity (Wildman–Crippen MR) is 94.6 cm³/mol. The maximum absolute atomic E-state index is 12.0. The predicted octanol–water partition coefficient (Wildman–Crippen LogP) is 4.84. The number of aryl methyl sites for hydroxylation is 2. The van der Waals surface area contributed by atoms with Gasteiger partial charge in [-0.2, -0.15) is 0 Å². The van der Waals surface area contributed by atoms with E-state index in [9.17, 15) is 9.59 Å². The molecule has 0 atom stereocenters. The van der Waals surface area contributed by atoms with Crippen molar-refractivity contribution >= 4 is 58.0 Å². The Morgan fingerprint density at radius 1 is 0.826 bits per heavy atom. The van der Waals surface area contributed by atoms with E-state index >= 15 is 0 Å². The molecule has 0 fully saturated rings. The van der Waals surface area contributed by atoms with Crippen LogP contribution in [0.5, 0.6) is 0 Å². The molecule has 2 aromatic rings. The highest BCUT2D eigenvalue weighted by molar-refractivity contribution is 6.45. The van der Waals surface area contributed by atoms with Gasteiger partial charge in [0.05, 0.1) is 20.8 Å². The molecule has 0 aliphatic rings. The highest BCUT2D eigenvalue weighted by atomic mass is 35.5. The van der Waals surface area contributed by atoms with Crippen molar-refractivity contribution < 1.29 is 9.59 Å². The fourth-order valence-electron chi connectivity index (χ4n) is 2.01. The Morgan fingerprint density at radius 2 is 1.48 bits per heavy atom. The van der Waals surface area contributed by atoms with Crippen LogP contribution < -0.4 is 10.6 Å². The van der Waals surface area contributed by atoms with Gasteiger partial charge in [-0.05, 0) is 49.2 Å². The molecular formula is C16H13Cl3N2O2.